The molecule has 1 amide bonds. The van der Waals surface area contributed by atoms with Crippen LogP contribution in [0.2, 0.25) is 0 Å². The Kier molecular flexibility index (Phi) is 4.47. The molecule has 1 aliphatic rings. The standard InChI is InChI=1S/C19H20N2O2/c1-2-16-9-10-18(23-16)17-4-3-13-21(17)19(22)15-7-5-14(6-8-15)11-12-20/h5-10,17H,2-4,11,13H2,1H3/t17-/m0/s1. The van der Waals surface area contributed by atoms with Crippen LogP contribution < -0.4 is 0 Å². The SMILES string of the molecule is CCc1ccc([C@@H]2CCCN2C(=O)c2ccc(CC#N)cc2)o1. The maximum atomic E-state index is 12.8. The minimum atomic E-state index is 0.0292. The van der Waals surface area contributed by atoms with E-state index in [4.69, 9.17) is 9.68 Å². The lowest BCUT2D eigenvalue weighted by Gasteiger charge is -2.23. The third kappa shape index (κ3) is 3.14. The number of rotatable bonds is 4. The van der Waals surface area contributed by atoms with Crippen LogP contribution in [0.3, 0.4) is 0 Å². The van der Waals surface area contributed by atoms with Gasteiger partial charge in [0.15, 0.2) is 0 Å². The molecule has 118 valence electrons. The Labute approximate surface area is 136 Å². The summed E-state index contributed by atoms with van der Waals surface area (Å²) in [5, 5.41) is 8.72. The second-order valence-corrected chi connectivity index (χ2v) is 5.85. The van der Waals surface area contributed by atoms with Crippen LogP contribution in [0.25, 0.3) is 0 Å². The molecule has 0 radical (unpaired) electrons. The molecule has 1 atom stereocenters. The summed E-state index contributed by atoms with van der Waals surface area (Å²) in [5.41, 5.74) is 1.60. The van der Waals surface area contributed by atoms with Gasteiger partial charge in [-0.25, -0.2) is 0 Å². The van der Waals surface area contributed by atoms with Gasteiger partial charge >= 0.3 is 0 Å². The van der Waals surface area contributed by atoms with Gasteiger partial charge in [-0.2, -0.15) is 5.26 Å². The predicted molar refractivity (Wildman–Crippen MR) is 86.9 cm³/mol. The monoisotopic (exact) mass is 308 g/mol. The van der Waals surface area contributed by atoms with Crippen molar-refractivity contribution in [2.75, 3.05) is 6.54 Å². The normalized spacial score (nSPS) is 17.2. The summed E-state index contributed by atoms with van der Waals surface area (Å²) >= 11 is 0. The molecule has 2 aromatic rings. The lowest BCUT2D eigenvalue weighted by Crippen LogP contribution is -2.30. The third-order valence-electron chi connectivity index (χ3n) is 4.36. The number of furan rings is 1. The third-order valence-corrected chi connectivity index (χ3v) is 4.36. The highest BCUT2D eigenvalue weighted by molar-refractivity contribution is 5.94. The number of hydrogen-bond acceptors (Lipinski definition) is 3. The van der Waals surface area contributed by atoms with Crippen molar-refractivity contribution in [3.63, 3.8) is 0 Å². The zero-order valence-electron chi connectivity index (χ0n) is 13.3. The van der Waals surface area contributed by atoms with Crippen molar-refractivity contribution >= 4 is 5.91 Å². The number of nitriles is 1. The Hall–Kier alpha value is -2.54. The molecule has 23 heavy (non-hydrogen) atoms. The van der Waals surface area contributed by atoms with E-state index >= 15 is 0 Å². The Morgan fingerprint density at radius 1 is 1.30 bits per heavy atom. The molecule has 3 rings (SSSR count). The predicted octanol–water partition coefficient (Wildman–Crippen LogP) is 3.89. The fourth-order valence-corrected chi connectivity index (χ4v) is 3.09. The summed E-state index contributed by atoms with van der Waals surface area (Å²) in [6, 6.07) is 13.5. The van der Waals surface area contributed by atoms with E-state index in [2.05, 4.69) is 13.0 Å². The summed E-state index contributed by atoms with van der Waals surface area (Å²) in [6.45, 7) is 2.81. The van der Waals surface area contributed by atoms with Gasteiger partial charge in [0.05, 0.1) is 18.5 Å². The molecule has 0 spiro atoms. The van der Waals surface area contributed by atoms with Crippen LogP contribution in [-0.4, -0.2) is 17.4 Å². The number of amides is 1. The average molecular weight is 308 g/mol. The zero-order chi connectivity index (χ0) is 16.2. The largest absolute Gasteiger partial charge is 0.464 e. The van der Waals surface area contributed by atoms with Crippen LogP contribution in [0.5, 0.6) is 0 Å². The van der Waals surface area contributed by atoms with Crippen molar-refractivity contribution in [3.05, 3.63) is 59.0 Å². The van der Waals surface area contributed by atoms with E-state index in [0.717, 1.165) is 42.9 Å². The number of likely N-dealkylation sites (tertiary alicyclic amines) is 1. The molecule has 4 nitrogen and oxygen atoms in total. The fraction of sp³-hybridized carbons (Fsp3) is 0.368. The van der Waals surface area contributed by atoms with Crippen molar-refractivity contribution in [3.8, 4) is 6.07 Å². The quantitative estimate of drug-likeness (QED) is 0.861. The Bertz CT molecular complexity index is 725. The van der Waals surface area contributed by atoms with Crippen molar-refractivity contribution in [2.45, 2.75) is 38.6 Å². The molecule has 0 N–H and O–H groups in total. The summed E-state index contributed by atoms with van der Waals surface area (Å²) in [6.07, 6.45) is 3.16. The van der Waals surface area contributed by atoms with Crippen LogP contribution in [0.4, 0.5) is 0 Å². The molecule has 1 aromatic heterocycles. The lowest BCUT2D eigenvalue weighted by molar-refractivity contribution is 0.0719. The molecule has 0 aliphatic carbocycles. The van der Waals surface area contributed by atoms with E-state index in [0.29, 0.717) is 12.0 Å². The maximum absolute atomic E-state index is 12.8. The number of nitrogens with zero attached hydrogens (tertiary/aromatic N) is 2. The van der Waals surface area contributed by atoms with Crippen molar-refractivity contribution in [2.24, 2.45) is 0 Å². The molecule has 1 fully saturated rings. The molecule has 1 aromatic carbocycles. The molecule has 1 aliphatic heterocycles. The number of carbonyl (C=O) groups excluding carboxylic acids is 1. The van der Waals surface area contributed by atoms with Gasteiger partial charge in [0.2, 0.25) is 0 Å². The first kappa shape index (κ1) is 15.4. The topological polar surface area (TPSA) is 57.2 Å². The summed E-state index contributed by atoms with van der Waals surface area (Å²) in [5.74, 6) is 1.87. The van der Waals surface area contributed by atoms with Crippen molar-refractivity contribution < 1.29 is 9.21 Å². The Morgan fingerprint density at radius 2 is 2.09 bits per heavy atom. The number of hydrogen-bond donors (Lipinski definition) is 0. The molecule has 2 heterocycles. The summed E-state index contributed by atoms with van der Waals surface area (Å²) in [4.78, 5) is 14.7. The van der Waals surface area contributed by atoms with Crippen LogP contribution >= 0.6 is 0 Å². The van der Waals surface area contributed by atoms with Gasteiger partial charge in [0.1, 0.15) is 11.5 Å². The maximum Gasteiger partial charge on any atom is 0.254 e. The first-order valence-electron chi connectivity index (χ1n) is 8.08. The molecule has 4 heteroatoms. The van der Waals surface area contributed by atoms with Crippen LogP contribution in [0.1, 0.15) is 53.2 Å². The van der Waals surface area contributed by atoms with Gasteiger partial charge in [0, 0.05) is 18.5 Å². The Morgan fingerprint density at radius 3 is 2.74 bits per heavy atom. The summed E-state index contributed by atoms with van der Waals surface area (Å²) < 4.78 is 5.85. The first-order valence-corrected chi connectivity index (χ1v) is 8.08. The highest BCUT2D eigenvalue weighted by Gasteiger charge is 2.32. The van der Waals surface area contributed by atoms with Gasteiger partial charge in [-0.05, 0) is 42.7 Å². The zero-order valence-corrected chi connectivity index (χ0v) is 13.3. The molecular formula is C19H20N2O2. The van der Waals surface area contributed by atoms with E-state index in [9.17, 15) is 4.79 Å². The average Bonchev–Trinajstić information content (AvgIpc) is 3.24. The van der Waals surface area contributed by atoms with Crippen LogP contribution in [0, 0.1) is 11.3 Å². The van der Waals surface area contributed by atoms with E-state index < -0.39 is 0 Å². The number of aryl methyl sites for hydroxylation is 1. The van der Waals surface area contributed by atoms with Crippen LogP contribution in [0.15, 0.2) is 40.8 Å². The lowest BCUT2D eigenvalue weighted by atomic mass is 10.1. The van der Waals surface area contributed by atoms with Crippen molar-refractivity contribution in [1.82, 2.24) is 4.90 Å². The van der Waals surface area contributed by atoms with E-state index in [1.54, 1.807) is 0 Å². The Balaban J connectivity index is 1.79. The van der Waals surface area contributed by atoms with E-state index in [-0.39, 0.29) is 11.9 Å². The molecule has 0 unspecified atom stereocenters. The van der Waals surface area contributed by atoms with Gasteiger partial charge in [-0.3, -0.25) is 4.79 Å². The van der Waals surface area contributed by atoms with Gasteiger partial charge in [-0.1, -0.05) is 19.1 Å². The molecular weight excluding hydrogens is 288 g/mol. The minimum Gasteiger partial charge on any atom is -0.464 e. The minimum absolute atomic E-state index is 0.0292. The number of carbonyl (C=O) groups is 1. The van der Waals surface area contributed by atoms with E-state index in [1.807, 2.05) is 41.3 Å². The second kappa shape index (κ2) is 6.70. The smallest absolute Gasteiger partial charge is 0.254 e. The highest BCUT2D eigenvalue weighted by atomic mass is 16.3. The highest BCUT2D eigenvalue weighted by Crippen LogP contribution is 2.34. The molecule has 0 bridgehead atoms. The van der Waals surface area contributed by atoms with Gasteiger partial charge in [-0.15, -0.1) is 0 Å². The molecule has 0 saturated carbocycles. The second-order valence-electron chi connectivity index (χ2n) is 5.85. The van der Waals surface area contributed by atoms with Crippen LogP contribution in [-0.2, 0) is 12.8 Å². The van der Waals surface area contributed by atoms with Gasteiger partial charge in [0.25, 0.3) is 5.91 Å². The fourth-order valence-electron chi connectivity index (χ4n) is 3.09. The van der Waals surface area contributed by atoms with E-state index in [1.165, 1.54) is 0 Å². The van der Waals surface area contributed by atoms with Gasteiger partial charge < -0.3 is 9.32 Å². The van der Waals surface area contributed by atoms with Crippen molar-refractivity contribution in [1.29, 1.82) is 5.26 Å². The first-order chi connectivity index (χ1) is 11.2. The molecule has 1 saturated heterocycles. The number of benzene rings is 1. The summed E-state index contributed by atoms with van der Waals surface area (Å²) in [7, 11) is 0.